The Morgan fingerprint density at radius 2 is 1.82 bits per heavy atom. The fourth-order valence-electron chi connectivity index (χ4n) is 4.37. The number of thiazole rings is 1. The summed E-state index contributed by atoms with van der Waals surface area (Å²) in [4.78, 5) is 8.09. The molecule has 1 atom stereocenters. The molecule has 0 aliphatic carbocycles. The van der Waals surface area contributed by atoms with E-state index in [2.05, 4.69) is 9.88 Å². The summed E-state index contributed by atoms with van der Waals surface area (Å²) in [6, 6.07) is 17.1. The van der Waals surface area contributed by atoms with E-state index in [-0.39, 0.29) is 5.82 Å². The molecule has 0 fully saturated rings. The highest BCUT2D eigenvalue weighted by molar-refractivity contribution is 7.11. The molecule has 0 bridgehead atoms. The molecule has 1 aliphatic rings. The van der Waals surface area contributed by atoms with Crippen LogP contribution in [0.3, 0.4) is 0 Å². The summed E-state index contributed by atoms with van der Waals surface area (Å²) in [7, 11) is 0. The highest BCUT2D eigenvalue weighted by Gasteiger charge is 2.24. The van der Waals surface area contributed by atoms with Crippen molar-refractivity contribution in [3.05, 3.63) is 81.6 Å². The van der Waals surface area contributed by atoms with Gasteiger partial charge in [0.1, 0.15) is 12.0 Å². The number of benzene rings is 2. The smallest absolute Gasteiger partial charge is 0.127 e. The third-order valence-corrected chi connectivity index (χ3v) is 7.29. The van der Waals surface area contributed by atoms with E-state index >= 15 is 0 Å². The van der Waals surface area contributed by atoms with Crippen LogP contribution in [0.4, 0.5) is 4.39 Å². The molecule has 1 unspecified atom stereocenters. The van der Waals surface area contributed by atoms with Gasteiger partial charge in [0, 0.05) is 30.0 Å². The van der Waals surface area contributed by atoms with Crippen LogP contribution < -0.4 is 0 Å². The molecular formula is C26H27FN4OS. The quantitative estimate of drug-likeness (QED) is 0.461. The molecule has 170 valence electrons. The molecule has 2 aromatic carbocycles. The fourth-order valence-corrected chi connectivity index (χ4v) is 5.34. The van der Waals surface area contributed by atoms with Crippen molar-refractivity contribution in [1.82, 2.24) is 19.7 Å². The molecule has 2 aromatic heterocycles. The van der Waals surface area contributed by atoms with Crippen molar-refractivity contribution in [1.29, 1.82) is 0 Å². The molecule has 1 aliphatic heterocycles. The Morgan fingerprint density at radius 1 is 1.03 bits per heavy atom. The zero-order chi connectivity index (χ0) is 22.9. The molecule has 3 heterocycles. The minimum absolute atomic E-state index is 0.246. The highest BCUT2D eigenvalue weighted by atomic mass is 32.1. The van der Waals surface area contributed by atoms with Gasteiger partial charge in [-0.2, -0.15) is 5.10 Å². The van der Waals surface area contributed by atoms with Gasteiger partial charge in [0.25, 0.3) is 0 Å². The zero-order valence-electron chi connectivity index (χ0n) is 18.8. The molecule has 0 radical (unpaired) electrons. The first kappa shape index (κ1) is 21.9. The molecule has 7 heteroatoms. The van der Waals surface area contributed by atoms with E-state index in [1.807, 2.05) is 54.1 Å². The second-order valence-corrected chi connectivity index (χ2v) is 9.83. The first-order chi connectivity index (χ1) is 16.0. The van der Waals surface area contributed by atoms with Crippen molar-refractivity contribution in [2.75, 3.05) is 13.1 Å². The number of aromatic nitrogens is 3. The largest absolute Gasteiger partial charge is 0.376 e. The van der Waals surface area contributed by atoms with Gasteiger partial charge in [-0.15, -0.1) is 11.3 Å². The zero-order valence-corrected chi connectivity index (χ0v) is 19.6. The summed E-state index contributed by atoms with van der Waals surface area (Å²) in [6.07, 6.45) is 1.07. The normalized spacial score (nSPS) is 15.3. The number of fused-ring (bicyclic) bond motifs is 1. The van der Waals surface area contributed by atoms with Gasteiger partial charge < -0.3 is 5.11 Å². The van der Waals surface area contributed by atoms with Crippen LogP contribution in [0.5, 0.6) is 0 Å². The molecule has 1 N–H and O–H groups in total. The number of aliphatic hydroxyl groups excluding tert-OH is 1. The number of halogens is 1. The average Bonchev–Trinajstić information content (AvgIpc) is 3.33. The molecule has 0 saturated carbocycles. The maximum Gasteiger partial charge on any atom is 0.127 e. The number of hydrogen-bond acceptors (Lipinski definition) is 5. The molecule has 0 spiro atoms. The molecule has 4 aromatic rings. The van der Waals surface area contributed by atoms with E-state index in [1.165, 1.54) is 16.6 Å². The highest BCUT2D eigenvalue weighted by Crippen LogP contribution is 2.28. The SMILES string of the molecule is Cc1nc2c(s1)CCN(C(O)Cn1nc(-c3ccc(C)c(F)c3)cc1-c1ccccc1)CC2. The van der Waals surface area contributed by atoms with Crippen molar-refractivity contribution in [3.63, 3.8) is 0 Å². The third-order valence-electron chi connectivity index (χ3n) is 6.22. The van der Waals surface area contributed by atoms with Gasteiger partial charge in [0.05, 0.1) is 28.6 Å². The molecule has 0 amide bonds. The van der Waals surface area contributed by atoms with Gasteiger partial charge in [0.15, 0.2) is 0 Å². The van der Waals surface area contributed by atoms with Crippen LogP contribution in [-0.2, 0) is 19.4 Å². The van der Waals surface area contributed by atoms with Gasteiger partial charge in [-0.05, 0) is 43.5 Å². The van der Waals surface area contributed by atoms with E-state index in [0.717, 1.165) is 47.8 Å². The standard InChI is InChI=1S/C26H27FN4OS/c1-17-8-9-20(14-21(17)27)23-15-24(19-6-4-3-5-7-19)31(29-23)16-26(32)30-12-10-22-25(11-13-30)33-18(2)28-22/h3-9,14-15,26,32H,10-13,16H2,1-2H3. The van der Waals surface area contributed by atoms with E-state index in [9.17, 15) is 9.50 Å². The summed E-state index contributed by atoms with van der Waals surface area (Å²) >= 11 is 1.76. The minimum Gasteiger partial charge on any atom is -0.376 e. The van der Waals surface area contributed by atoms with Crippen LogP contribution in [0.1, 0.15) is 21.1 Å². The Hall–Kier alpha value is -2.87. The van der Waals surface area contributed by atoms with Crippen LogP contribution in [0.25, 0.3) is 22.5 Å². The summed E-state index contributed by atoms with van der Waals surface area (Å²) in [5.74, 6) is -0.246. The minimum atomic E-state index is -0.676. The summed E-state index contributed by atoms with van der Waals surface area (Å²) in [5, 5.41) is 17.0. The Morgan fingerprint density at radius 3 is 2.61 bits per heavy atom. The topological polar surface area (TPSA) is 54.2 Å². The first-order valence-electron chi connectivity index (χ1n) is 11.2. The Kier molecular flexibility index (Phi) is 6.10. The summed E-state index contributed by atoms with van der Waals surface area (Å²) < 4.78 is 16.1. The fraction of sp³-hybridized carbons (Fsp3) is 0.308. The van der Waals surface area contributed by atoms with Crippen molar-refractivity contribution >= 4 is 11.3 Å². The van der Waals surface area contributed by atoms with Crippen LogP contribution in [-0.4, -0.2) is 44.1 Å². The predicted octanol–water partition coefficient (Wildman–Crippen LogP) is 4.85. The Labute approximate surface area is 197 Å². The van der Waals surface area contributed by atoms with Crippen LogP contribution in [0.15, 0.2) is 54.6 Å². The maximum atomic E-state index is 14.2. The van der Waals surface area contributed by atoms with E-state index in [1.54, 1.807) is 24.3 Å². The Bertz CT molecular complexity index is 1240. The van der Waals surface area contributed by atoms with Gasteiger partial charge in [0.2, 0.25) is 0 Å². The lowest BCUT2D eigenvalue weighted by Crippen LogP contribution is -2.40. The van der Waals surface area contributed by atoms with Crippen LogP contribution in [0, 0.1) is 19.7 Å². The van der Waals surface area contributed by atoms with Crippen molar-refractivity contribution in [2.45, 2.75) is 39.5 Å². The number of nitrogens with zero attached hydrogens (tertiary/aromatic N) is 4. The molecule has 0 saturated heterocycles. The van der Waals surface area contributed by atoms with Gasteiger partial charge >= 0.3 is 0 Å². The van der Waals surface area contributed by atoms with Gasteiger partial charge in [-0.25, -0.2) is 9.37 Å². The molecule has 5 rings (SSSR count). The first-order valence-corrected chi connectivity index (χ1v) is 12.1. The number of hydrogen-bond donors (Lipinski definition) is 1. The van der Waals surface area contributed by atoms with Crippen molar-refractivity contribution in [2.24, 2.45) is 0 Å². The van der Waals surface area contributed by atoms with E-state index in [0.29, 0.717) is 17.8 Å². The Balaban J connectivity index is 1.42. The third kappa shape index (κ3) is 4.62. The average molecular weight is 463 g/mol. The van der Waals surface area contributed by atoms with Gasteiger partial charge in [-0.3, -0.25) is 9.58 Å². The van der Waals surface area contributed by atoms with E-state index < -0.39 is 6.23 Å². The van der Waals surface area contributed by atoms with Crippen LogP contribution in [0.2, 0.25) is 0 Å². The molecule has 33 heavy (non-hydrogen) atoms. The van der Waals surface area contributed by atoms with Gasteiger partial charge in [-0.1, -0.05) is 42.5 Å². The molecule has 5 nitrogen and oxygen atoms in total. The summed E-state index contributed by atoms with van der Waals surface area (Å²) in [6.45, 7) is 5.68. The van der Waals surface area contributed by atoms with E-state index in [4.69, 9.17) is 5.10 Å². The second kappa shape index (κ2) is 9.17. The maximum absolute atomic E-state index is 14.2. The van der Waals surface area contributed by atoms with Crippen LogP contribution >= 0.6 is 11.3 Å². The molecular weight excluding hydrogens is 435 g/mol. The second-order valence-electron chi connectivity index (χ2n) is 8.55. The van der Waals surface area contributed by atoms with Crippen molar-refractivity contribution < 1.29 is 9.50 Å². The summed E-state index contributed by atoms with van der Waals surface area (Å²) in [5.41, 5.74) is 5.10. The monoisotopic (exact) mass is 462 g/mol. The number of aryl methyl sites for hydroxylation is 2. The lowest BCUT2D eigenvalue weighted by molar-refractivity contribution is -0.00794. The predicted molar refractivity (Wildman–Crippen MR) is 130 cm³/mol. The number of aliphatic hydroxyl groups is 1. The van der Waals surface area contributed by atoms with Crippen molar-refractivity contribution in [3.8, 4) is 22.5 Å². The number of rotatable bonds is 5. The lowest BCUT2D eigenvalue weighted by Gasteiger charge is -2.26. The lowest BCUT2D eigenvalue weighted by atomic mass is 10.1.